The molecule has 0 unspecified atom stereocenters. The first-order valence-electron chi connectivity index (χ1n) is 2.52. The smallest absolute Gasteiger partial charge is 0.0587 e. The first kappa shape index (κ1) is 10.4. The molecule has 0 spiro atoms. The molecule has 0 aromatic carbocycles. The van der Waals surface area contributed by atoms with Crippen LogP contribution in [0.1, 0.15) is 20.8 Å². The standard InChI is InChI=1S/C4H10O.C2H3N/c1-4(2)5-3;1-2-3/h4H,1-3H3;1H3. The van der Waals surface area contributed by atoms with Crippen molar-refractivity contribution in [3.8, 4) is 6.07 Å². The van der Waals surface area contributed by atoms with Crippen LogP contribution >= 0.6 is 0 Å². The van der Waals surface area contributed by atoms with Gasteiger partial charge in [-0.05, 0) is 13.8 Å². The molecule has 0 radical (unpaired) electrons. The van der Waals surface area contributed by atoms with Crippen molar-refractivity contribution in [2.24, 2.45) is 0 Å². The molecule has 0 saturated heterocycles. The molecular weight excluding hydrogens is 102 g/mol. The summed E-state index contributed by atoms with van der Waals surface area (Å²) in [7, 11) is 1.70. The van der Waals surface area contributed by atoms with E-state index in [1.807, 2.05) is 13.8 Å². The molecule has 0 aromatic heterocycles. The summed E-state index contributed by atoms with van der Waals surface area (Å²) >= 11 is 0. The number of hydrogen-bond acceptors (Lipinski definition) is 2. The molecule has 0 fully saturated rings. The van der Waals surface area contributed by atoms with Crippen molar-refractivity contribution in [1.29, 1.82) is 5.26 Å². The lowest BCUT2D eigenvalue weighted by atomic mass is 10.5. The Morgan fingerprint density at radius 1 is 1.50 bits per heavy atom. The Morgan fingerprint density at radius 3 is 1.62 bits per heavy atom. The van der Waals surface area contributed by atoms with Gasteiger partial charge in [0.2, 0.25) is 0 Å². The van der Waals surface area contributed by atoms with E-state index in [9.17, 15) is 0 Å². The lowest BCUT2D eigenvalue weighted by Gasteiger charge is -1.94. The number of nitriles is 1. The number of rotatable bonds is 1. The molecule has 0 saturated carbocycles. The van der Waals surface area contributed by atoms with Crippen molar-refractivity contribution in [3.63, 3.8) is 0 Å². The summed E-state index contributed by atoms with van der Waals surface area (Å²) in [6.07, 6.45) is 0.384. The normalized spacial score (nSPS) is 7.00. The van der Waals surface area contributed by atoms with E-state index in [-0.39, 0.29) is 0 Å². The van der Waals surface area contributed by atoms with E-state index in [1.165, 1.54) is 6.92 Å². The third-order valence-corrected chi connectivity index (χ3v) is 0.471. The molecule has 0 atom stereocenters. The van der Waals surface area contributed by atoms with Gasteiger partial charge in [-0.3, -0.25) is 0 Å². The molecule has 2 nitrogen and oxygen atoms in total. The highest BCUT2D eigenvalue weighted by atomic mass is 16.5. The Kier molecular flexibility index (Phi) is 12.6. The molecule has 0 aliphatic rings. The summed E-state index contributed by atoms with van der Waals surface area (Å²) in [5.74, 6) is 0. The third kappa shape index (κ3) is 51.3. The van der Waals surface area contributed by atoms with E-state index in [0.29, 0.717) is 6.10 Å². The molecule has 48 valence electrons. The Hall–Kier alpha value is -0.550. The fourth-order valence-electron chi connectivity index (χ4n) is 0. The summed E-state index contributed by atoms with van der Waals surface area (Å²) < 4.78 is 4.75. The molecule has 0 aromatic rings. The Bertz CT molecular complexity index is 63.4. The van der Waals surface area contributed by atoms with Crippen molar-refractivity contribution in [1.82, 2.24) is 0 Å². The van der Waals surface area contributed by atoms with E-state index < -0.39 is 0 Å². The van der Waals surface area contributed by atoms with Gasteiger partial charge in [-0.2, -0.15) is 5.26 Å². The largest absolute Gasteiger partial charge is 0.382 e. The molecule has 0 amide bonds. The molecule has 0 bridgehead atoms. The number of nitrogens with zero attached hydrogens (tertiary/aromatic N) is 1. The van der Waals surface area contributed by atoms with Crippen LogP contribution in [0.4, 0.5) is 0 Å². The minimum absolute atomic E-state index is 0.384. The van der Waals surface area contributed by atoms with Crippen LogP contribution in [0, 0.1) is 11.3 Å². The van der Waals surface area contributed by atoms with Gasteiger partial charge in [-0.25, -0.2) is 0 Å². The zero-order valence-electron chi connectivity index (χ0n) is 5.93. The minimum atomic E-state index is 0.384. The predicted octanol–water partition coefficient (Wildman–Crippen LogP) is 1.57. The highest BCUT2D eigenvalue weighted by Crippen LogP contribution is 1.77. The van der Waals surface area contributed by atoms with Crippen LogP contribution in [0.3, 0.4) is 0 Å². The summed E-state index contributed by atoms with van der Waals surface area (Å²) in [5, 5.41) is 7.32. The fourth-order valence-corrected chi connectivity index (χ4v) is 0. The van der Waals surface area contributed by atoms with Crippen molar-refractivity contribution in [3.05, 3.63) is 0 Å². The van der Waals surface area contributed by atoms with Gasteiger partial charge >= 0.3 is 0 Å². The van der Waals surface area contributed by atoms with Gasteiger partial charge in [-0.1, -0.05) is 0 Å². The van der Waals surface area contributed by atoms with Gasteiger partial charge in [0.15, 0.2) is 0 Å². The monoisotopic (exact) mass is 115 g/mol. The second kappa shape index (κ2) is 9.67. The molecule has 2 heteroatoms. The van der Waals surface area contributed by atoms with Crippen LogP contribution in [-0.4, -0.2) is 13.2 Å². The predicted molar refractivity (Wildman–Crippen MR) is 33.4 cm³/mol. The van der Waals surface area contributed by atoms with Crippen molar-refractivity contribution >= 4 is 0 Å². The second-order valence-corrected chi connectivity index (χ2v) is 1.51. The van der Waals surface area contributed by atoms with Crippen molar-refractivity contribution < 1.29 is 4.74 Å². The summed E-state index contributed by atoms with van der Waals surface area (Å²) in [5.41, 5.74) is 0. The maximum absolute atomic E-state index is 7.32. The highest BCUT2D eigenvalue weighted by molar-refractivity contribution is 4.51. The molecule has 0 rings (SSSR count). The van der Waals surface area contributed by atoms with Gasteiger partial charge < -0.3 is 4.74 Å². The van der Waals surface area contributed by atoms with Gasteiger partial charge in [0.05, 0.1) is 12.2 Å². The van der Waals surface area contributed by atoms with E-state index in [0.717, 1.165) is 0 Å². The molecule has 0 N–H and O–H groups in total. The minimum Gasteiger partial charge on any atom is -0.382 e. The Labute approximate surface area is 51.1 Å². The average Bonchev–Trinajstić information content (AvgIpc) is 1.69. The molecular formula is C6H13NO. The lowest BCUT2D eigenvalue weighted by Crippen LogP contribution is -1.94. The van der Waals surface area contributed by atoms with Crippen LogP contribution in [0.15, 0.2) is 0 Å². The lowest BCUT2D eigenvalue weighted by molar-refractivity contribution is 0.134. The molecule has 0 aliphatic carbocycles. The van der Waals surface area contributed by atoms with Gasteiger partial charge in [0.25, 0.3) is 0 Å². The van der Waals surface area contributed by atoms with Gasteiger partial charge in [-0.15, -0.1) is 0 Å². The SMILES string of the molecule is CC#N.COC(C)C. The maximum Gasteiger partial charge on any atom is 0.0587 e. The maximum atomic E-state index is 7.32. The summed E-state index contributed by atoms with van der Waals surface area (Å²) in [6, 6.07) is 1.75. The third-order valence-electron chi connectivity index (χ3n) is 0.471. The average molecular weight is 115 g/mol. The number of ether oxygens (including phenoxy) is 1. The Balaban J connectivity index is 0. The zero-order valence-corrected chi connectivity index (χ0v) is 5.93. The first-order valence-corrected chi connectivity index (χ1v) is 2.52. The number of hydrogen-bond donors (Lipinski definition) is 0. The van der Waals surface area contributed by atoms with Crippen LogP contribution in [0.2, 0.25) is 0 Å². The Morgan fingerprint density at radius 2 is 1.62 bits per heavy atom. The molecule has 0 aliphatic heterocycles. The van der Waals surface area contributed by atoms with E-state index >= 15 is 0 Å². The van der Waals surface area contributed by atoms with Gasteiger partial charge in [0, 0.05) is 14.0 Å². The van der Waals surface area contributed by atoms with Crippen molar-refractivity contribution in [2.75, 3.05) is 7.11 Å². The highest BCUT2D eigenvalue weighted by Gasteiger charge is 1.78. The van der Waals surface area contributed by atoms with Crippen molar-refractivity contribution in [2.45, 2.75) is 26.9 Å². The fraction of sp³-hybridized carbons (Fsp3) is 0.833. The van der Waals surface area contributed by atoms with Crippen LogP contribution in [0.5, 0.6) is 0 Å². The van der Waals surface area contributed by atoms with Crippen LogP contribution in [0.25, 0.3) is 0 Å². The number of methoxy groups -OCH3 is 1. The first-order chi connectivity index (χ1) is 3.68. The second-order valence-electron chi connectivity index (χ2n) is 1.51. The van der Waals surface area contributed by atoms with Crippen LogP contribution < -0.4 is 0 Å². The van der Waals surface area contributed by atoms with E-state index in [1.54, 1.807) is 13.2 Å². The van der Waals surface area contributed by atoms with Gasteiger partial charge in [0.1, 0.15) is 0 Å². The molecule has 0 heterocycles. The quantitative estimate of drug-likeness (QED) is 0.519. The summed E-state index contributed by atoms with van der Waals surface area (Å²) in [4.78, 5) is 0. The molecule has 8 heavy (non-hydrogen) atoms. The van der Waals surface area contributed by atoms with Crippen LogP contribution in [-0.2, 0) is 4.74 Å². The summed E-state index contributed by atoms with van der Waals surface area (Å²) in [6.45, 7) is 5.43. The van der Waals surface area contributed by atoms with E-state index in [4.69, 9.17) is 10.00 Å². The topological polar surface area (TPSA) is 33.0 Å². The van der Waals surface area contributed by atoms with E-state index in [2.05, 4.69) is 0 Å². The zero-order chi connectivity index (χ0) is 6.99.